The molecule has 1 aromatic rings. The van der Waals surface area contributed by atoms with E-state index in [0.717, 1.165) is 0 Å². The van der Waals surface area contributed by atoms with Crippen LogP contribution in [0.15, 0.2) is 23.0 Å². The number of carbonyl (C=O) groups is 3. The third-order valence-electron chi connectivity index (χ3n) is 3.72. The maximum absolute atomic E-state index is 12.2. The average Bonchev–Trinajstić information content (AvgIpc) is 3.07. The number of hydrogen-bond donors (Lipinski definition) is 2. The van der Waals surface area contributed by atoms with Gasteiger partial charge in [0.25, 0.3) is 5.91 Å². The molecule has 0 atom stereocenters. The fraction of sp³-hybridized carbons (Fsp3) is 0.562. The number of nitrogens with zero attached hydrogens (tertiary/aromatic N) is 2. The quantitative estimate of drug-likeness (QED) is 0.817. The highest BCUT2D eigenvalue weighted by Gasteiger charge is 2.24. The first-order valence-corrected chi connectivity index (χ1v) is 8.07. The molecule has 2 rings (SSSR count). The summed E-state index contributed by atoms with van der Waals surface area (Å²) >= 11 is 0. The number of nitrogens with one attached hydrogen (secondary N) is 2. The van der Waals surface area contributed by atoms with Gasteiger partial charge in [0.1, 0.15) is 6.26 Å². The second kappa shape index (κ2) is 8.49. The van der Waals surface area contributed by atoms with Crippen molar-refractivity contribution in [2.75, 3.05) is 39.3 Å². The number of urea groups is 1. The molecule has 8 heteroatoms. The van der Waals surface area contributed by atoms with Crippen molar-refractivity contribution in [2.45, 2.75) is 13.8 Å². The summed E-state index contributed by atoms with van der Waals surface area (Å²) in [6.45, 7) is 6.87. The number of rotatable bonds is 5. The molecule has 0 aromatic carbocycles. The summed E-state index contributed by atoms with van der Waals surface area (Å²) < 4.78 is 4.92. The predicted octanol–water partition coefficient (Wildman–Crippen LogP) is 0.519. The Hall–Kier alpha value is -2.35. The molecule has 0 unspecified atom stereocenters. The standard InChI is InChI=1S/C16H24N4O4/c1-12(2)9-17-16(23)18-14(21)10-19-4-6-20(7-5-19)15(22)13-3-8-24-11-13/h3,8,11-12H,4-7,9-10H2,1-2H3,(H2,17,18,21,23). The van der Waals surface area contributed by atoms with Gasteiger partial charge in [-0.15, -0.1) is 0 Å². The summed E-state index contributed by atoms with van der Waals surface area (Å²) in [5.74, 6) is -0.0847. The molecule has 0 bridgehead atoms. The molecule has 2 heterocycles. The van der Waals surface area contributed by atoms with Crippen molar-refractivity contribution in [3.05, 3.63) is 24.2 Å². The van der Waals surface area contributed by atoms with Crippen molar-refractivity contribution in [1.82, 2.24) is 20.4 Å². The molecule has 2 N–H and O–H groups in total. The Labute approximate surface area is 141 Å². The third-order valence-corrected chi connectivity index (χ3v) is 3.72. The van der Waals surface area contributed by atoms with Crippen LogP contribution in [0.5, 0.6) is 0 Å². The maximum atomic E-state index is 12.2. The first-order chi connectivity index (χ1) is 11.5. The number of piperazine rings is 1. The summed E-state index contributed by atoms with van der Waals surface area (Å²) in [6, 6.07) is 1.17. The molecule has 0 saturated carbocycles. The van der Waals surface area contributed by atoms with Gasteiger partial charge >= 0.3 is 6.03 Å². The van der Waals surface area contributed by atoms with Crippen LogP contribution in [0.1, 0.15) is 24.2 Å². The molecule has 132 valence electrons. The normalized spacial score (nSPS) is 15.4. The largest absolute Gasteiger partial charge is 0.472 e. The highest BCUT2D eigenvalue weighted by atomic mass is 16.3. The minimum absolute atomic E-state index is 0.0686. The van der Waals surface area contributed by atoms with Gasteiger partial charge in [-0.25, -0.2) is 4.79 Å². The molecule has 1 aliphatic heterocycles. The van der Waals surface area contributed by atoms with Crippen LogP contribution in [0, 0.1) is 5.92 Å². The Kier molecular flexibility index (Phi) is 6.36. The molecule has 1 fully saturated rings. The zero-order chi connectivity index (χ0) is 17.5. The monoisotopic (exact) mass is 336 g/mol. The van der Waals surface area contributed by atoms with Crippen LogP contribution in [0.4, 0.5) is 4.79 Å². The lowest BCUT2D eigenvalue weighted by Gasteiger charge is -2.34. The van der Waals surface area contributed by atoms with Gasteiger partial charge in [0, 0.05) is 32.7 Å². The number of furan rings is 1. The third kappa shape index (κ3) is 5.38. The average molecular weight is 336 g/mol. The van der Waals surface area contributed by atoms with Crippen molar-refractivity contribution >= 4 is 17.8 Å². The van der Waals surface area contributed by atoms with Crippen LogP contribution in [0.3, 0.4) is 0 Å². The van der Waals surface area contributed by atoms with E-state index < -0.39 is 6.03 Å². The van der Waals surface area contributed by atoms with Crippen LogP contribution < -0.4 is 10.6 Å². The first kappa shape index (κ1) is 18.0. The smallest absolute Gasteiger partial charge is 0.321 e. The fourth-order valence-electron chi connectivity index (χ4n) is 2.39. The highest BCUT2D eigenvalue weighted by molar-refractivity contribution is 5.95. The molecule has 24 heavy (non-hydrogen) atoms. The number of imide groups is 1. The number of carbonyl (C=O) groups excluding carboxylic acids is 3. The van der Waals surface area contributed by atoms with Gasteiger partial charge in [0.2, 0.25) is 5.91 Å². The Morgan fingerprint density at radius 2 is 1.92 bits per heavy atom. The Balaban J connectivity index is 1.70. The minimum atomic E-state index is -0.470. The van der Waals surface area contributed by atoms with Gasteiger partial charge < -0.3 is 14.6 Å². The summed E-state index contributed by atoms with van der Waals surface area (Å²) in [5.41, 5.74) is 0.531. The van der Waals surface area contributed by atoms with Gasteiger partial charge in [0.15, 0.2) is 0 Å². The van der Waals surface area contributed by atoms with E-state index in [1.807, 2.05) is 18.7 Å². The van der Waals surface area contributed by atoms with Crippen molar-refractivity contribution in [2.24, 2.45) is 5.92 Å². The van der Waals surface area contributed by atoms with E-state index in [1.54, 1.807) is 11.0 Å². The Bertz CT molecular complexity index is 563. The van der Waals surface area contributed by atoms with Crippen LogP contribution in [0.25, 0.3) is 0 Å². The fourth-order valence-corrected chi connectivity index (χ4v) is 2.39. The molecule has 1 saturated heterocycles. The Morgan fingerprint density at radius 1 is 1.21 bits per heavy atom. The molecule has 0 radical (unpaired) electrons. The van der Waals surface area contributed by atoms with E-state index in [4.69, 9.17) is 4.42 Å². The second-order valence-corrected chi connectivity index (χ2v) is 6.23. The summed E-state index contributed by atoms with van der Waals surface area (Å²) in [5, 5.41) is 4.95. The summed E-state index contributed by atoms with van der Waals surface area (Å²) in [4.78, 5) is 39.2. The van der Waals surface area contributed by atoms with E-state index in [1.165, 1.54) is 12.5 Å². The van der Waals surface area contributed by atoms with Crippen molar-refractivity contribution in [1.29, 1.82) is 0 Å². The van der Waals surface area contributed by atoms with Crippen molar-refractivity contribution < 1.29 is 18.8 Å². The van der Waals surface area contributed by atoms with Crippen LogP contribution in [-0.4, -0.2) is 66.9 Å². The van der Waals surface area contributed by atoms with Gasteiger partial charge in [0.05, 0.1) is 18.4 Å². The number of amides is 4. The molecular weight excluding hydrogens is 312 g/mol. The topological polar surface area (TPSA) is 94.9 Å². The molecule has 4 amide bonds. The minimum Gasteiger partial charge on any atom is -0.472 e. The second-order valence-electron chi connectivity index (χ2n) is 6.23. The van der Waals surface area contributed by atoms with Crippen LogP contribution in [0.2, 0.25) is 0 Å². The maximum Gasteiger partial charge on any atom is 0.321 e. The Morgan fingerprint density at radius 3 is 2.50 bits per heavy atom. The molecule has 1 aromatic heterocycles. The lowest BCUT2D eigenvalue weighted by atomic mass is 10.2. The zero-order valence-electron chi connectivity index (χ0n) is 14.1. The SMILES string of the molecule is CC(C)CNC(=O)NC(=O)CN1CCN(C(=O)c2ccoc2)CC1. The molecule has 1 aliphatic rings. The van der Waals surface area contributed by atoms with Gasteiger partial charge in [-0.1, -0.05) is 13.8 Å². The molecule has 0 spiro atoms. The lowest BCUT2D eigenvalue weighted by molar-refractivity contribution is -0.121. The van der Waals surface area contributed by atoms with Gasteiger partial charge in [-0.3, -0.25) is 19.8 Å². The van der Waals surface area contributed by atoms with E-state index in [-0.39, 0.29) is 18.4 Å². The van der Waals surface area contributed by atoms with Crippen LogP contribution >= 0.6 is 0 Å². The summed E-state index contributed by atoms with van der Waals surface area (Å²) in [6.07, 6.45) is 2.90. The van der Waals surface area contributed by atoms with Gasteiger partial charge in [-0.05, 0) is 12.0 Å². The molecule has 0 aliphatic carbocycles. The number of hydrogen-bond acceptors (Lipinski definition) is 5. The van der Waals surface area contributed by atoms with E-state index in [9.17, 15) is 14.4 Å². The summed E-state index contributed by atoms with van der Waals surface area (Å²) in [7, 11) is 0. The molecule has 8 nitrogen and oxygen atoms in total. The van der Waals surface area contributed by atoms with Gasteiger partial charge in [-0.2, -0.15) is 0 Å². The van der Waals surface area contributed by atoms with Crippen molar-refractivity contribution in [3.63, 3.8) is 0 Å². The zero-order valence-corrected chi connectivity index (χ0v) is 14.1. The molecular formula is C16H24N4O4. The van der Waals surface area contributed by atoms with Crippen molar-refractivity contribution in [3.8, 4) is 0 Å². The lowest BCUT2D eigenvalue weighted by Crippen LogP contribution is -2.52. The van der Waals surface area contributed by atoms with Crippen LogP contribution in [-0.2, 0) is 4.79 Å². The highest BCUT2D eigenvalue weighted by Crippen LogP contribution is 2.09. The van der Waals surface area contributed by atoms with E-state index in [2.05, 4.69) is 10.6 Å². The van der Waals surface area contributed by atoms with E-state index >= 15 is 0 Å². The van der Waals surface area contributed by atoms with E-state index in [0.29, 0.717) is 44.2 Å². The predicted molar refractivity (Wildman–Crippen MR) is 87.4 cm³/mol. The first-order valence-electron chi connectivity index (χ1n) is 8.07.